The van der Waals surface area contributed by atoms with Crippen LogP contribution in [0.3, 0.4) is 0 Å². The fraction of sp³-hybridized carbons (Fsp3) is 0.389. The summed E-state index contributed by atoms with van der Waals surface area (Å²) in [5, 5.41) is 11.0. The van der Waals surface area contributed by atoms with Crippen molar-refractivity contribution in [3.63, 3.8) is 0 Å². The summed E-state index contributed by atoms with van der Waals surface area (Å²) in [6.45, 7) is 2.83. The second-order valence-corrected chi connectivity index (χ2v) is 6.56. The first-order valence-corrected chi connectivity index (χ1v) is 8.47. The maximum atomic E-state index is 13.3. The van der Waals surface area contributed by atoms with Crippen LogP contribution < -0.4 is 4.74 Å². The molecule has 1 atom stereocenters. The van der Waals surface area contributed by atoms with Crippen LogP contribution in [0.5, 0.6) is 5.75 Å². The van der Waals surface area contributed by atoms with Gasteiger partial charge in [-0.3, -0.25) is 14.9 Å². The monoisotopic (exact) mass is 395 g/mol. The maximum Gasteiger partial charge on any atom is 0.433 e. The van der Waals surface area contributed by atoms with Crippen LogP contribution in [0.2, 0.25) is 0 Å². The number of esters is 1. The summed E-state index contributed by atoms with van der Waals surface area (Å²) in [5.74, 6) is -1.51. The number of hydrogen-bond donors (Lipinski definition) is 0. The second-order valence-electron chi connectivity index (χ2n) is 6.56. The molecule has 1 aromatic carbocycles. The van der Waals surface area contributed by atoms with Gasteiger partial charge >= 0.3 is 12.1 Å². The Kier molecular flexibility index (Phi) is 5.05. The number of ether oxygens (including phenoxy) is 1. The van der Waals surface area contributed by atoms with Crippen LogP contribution >= 0.6 is 0 Å². The lowest BCUT2D eigenvalue weighted by molar-refractivity contribution is -0.385. The second kappa shape index (κ2) is 7.17. The third-order valence-corrected chi connectivity index (χ3v) is 4.65. The van der Waals surface area contributed by atoms with Crippen molar-refractivity contribution in [1.29, 1.82) is 0 Å². The summed E-state index contributed by atoms with van der Waals surface area (Å²) in [6, 6.07) is 4.06. The molecule has 1 aliphatic carbocycles. The van der Waals surface area contributed by atoms with Gasteiger partial charge in [0.15, 0.2) is 5.69 Å². The smallest absolute Gasteiger partial charge is 0.426 e. The van der Waals surface area contributed by atoms with E-state index in [1.807, 2.05) is 0 Å². The quantitative estimate of drug-likeness (QED) is 0.340. The third-order valence-electron chi connectivity index (χ3n) is 4.65. The van der Waals surface area contributed by atoms with Gasteiger partial charge in [-0.15, -0.1) is 0 Å². The Morgan fingerprint density at radius 1 is 1.29 bits per heavy atom. The Bertz CT molecular complexity index is 960. The van der Waals surface area contributed by atoms with Crippen molar-refractivity contribution in [3.8, 4) is 5.75 Å². The molecule has 1 aliphatic rings. The molecule has 2 aromatic rings. The Labute approximate surface area is 157 Å². The zero-order valence-corrected chi connectivity index (χ0v) is 15.0. The van der Waals surface area contributed by atoms with Crippen LogP contribution in [0.4, 0.5) is 18.9 Å². The fourth-order valence-electron chi connectivity index (χ4n) is 3.27. The van der Waals surface area contributed by atoms with E-state index in [4.69, 9.17) is 4.74 Å². The summed E-state index contributed by atoms with van der Waals surface area (Å²) in [4.78, 5) is 30.5. The normalized spacial score (nSPS) is 16.4. The van der Waals surface area contributed by atoms with E-state index in [2.05, 4.69) is 9.97 Å². The van der Waals surface area contributed by atoms with Gasteiger partial charge in [-0.25, -0.2) is 9.97 Å². The average molecular weight is 395 g/mol. The van der Waals surface area contributed by atoms with Crippen molar-refractivity contribution in [3.05, 3.63) is 56.7 Å². The molecule has 7 nitrogen and oxygen atoms in total. The highest BCUT2D eigenvalue weighted by Crippen LogP contribution is 2.36. The number of halogens is 3. The van der Waals surface area contributed by atoms with E-state index in [0.717, 1.165) is 0 Å². The van der Waals surface area contributed by atoms with Gasteiger partial charge in [-0.2, -0.15) is 13.2 Å². The van der Waals surface area contributed by atoms with Gasteiger partial charge < -0.3 is 4.74 Å². The molecule has 0 radical (unpaired) electrons. The molecule has 10 heteroatoms. The molecule has 1 aromatic heterocycles. The minimum Gasteiger partial charge on any atom is -0.426 e. The molecule has 0 N–H and O–H groups in total. The van der Waals surface area contributed by atoms with E-state index in [0.29, 0.717) is 0 Å². The summed E-state index contributed by atoms with van der Waals surface area (Å²) < 4.78 is 45.3. The molecule has 0 fully saturated rings. The molecule has 0 spiro atoms. The van der Waals surface area contributed by atoms with Crippen molar-refractivity contribution in [2.24, 2.45) is 5.92 Å². The molecule has 148 valence electrons. The lowest BCUT2D eigenvalue weighted by atomic mass is 9.85. The number of alkyl halides is 3. The number of hydrogen-bond acceptors (Lipinski definition) is 6. The standard InChI is InChI=1S/C18H16F3N3O4/c1-9-14(24(26)27)4-3-5-15(9)28-17(25)11-6-7-13-12(8-11)16(18(19,20)21)23-10(2)22-13/h3-5,11H,6-8H2,1-2H3/t11-/m1/s1. The predicted octanol–water partition coefficient (Wildman–Crippen LogP) is 3.73. The number of fused-ring (bicyclic) bond motifs is 1. The molecule has 0 unspecified atom stereocenters. The summed E-state index contributed by atoms with van der Waals surface area (Å²) in [5.41, 5.74) is -0.869. The molecule has 0 bridgehead atoms. The summed E-state index contributed by atoms with van der Waals surface area (Å²) in [7, 11) is 0. The van der Waals surface area contributed by atoms with E-state index >= 15 is 0 Å². The minimum atomic E-state index is -4.65. The largest absolute Gasteiger partial charge is 0.433 e. The number of carbonyl (C=O) groups is 1. The average Bonchev–Trinajstić information content (AvgIpc) is 2.61. The van der Waals surface area contributed by atoms with E-state index in [9.17, 15) is 28.1 Å². The lowest BCUT2D eigenvalue weighted by Gasteiger charge is -2.25. The molecule has 1 heterocycles. The number of benzene rings is 1. The SMILES string of the molecule is Cc1nc2c(c(C(F)(F)F)n1)C[C@H](C(=O)Oc1cccc([N+](=O)[O-])c1C)CC2. The van der Waals surface area contributed by atoms with Gasteiger partial charge in [-0.1, -0.05) is 6.07 Å². The highest BCUT2D eigenvalue weighted by molar-refractivity contribution is 5.76. The molecule has 3 rings (SSSR count). The number of rotatable bonds is 3. The maximum absolute atomic E-state index is 13.3. The van der Waals surface area contributed by atoms with Crippen LogP contribution in [0.1, 0.15) is 34.8 Å². The van der Waals surface area contributed by atoms with Gasteiger partial charge in [0.25, 0.3) is 5.69 Å². The zero-order valence-electron chi connectivity index (χ0n) is 15.0. The van der Waals surface area contributed by atoms with E-state index in [1.165, 1.54) is 32.0 Å². The number of aryl methyl sites for hydroxylation is 2. The van der Waals surface area contributed by atoms with Gasteiger partial charge in [0.05, 0.1) is 16.4 Å². The Morgan fingerprint density at radius 3 is 2.64 bits per heavy atom. The van der Waals surface area contributed by atoms with Crippen molar-refractivity contribution in [2.45, 2.75) is 39.3 Å². The van der Waals surface area contributed by atoms with E-state index in [1.54, 1.807) is 0 Å². The topological polar surface area (TPSA) is 95.2 Å². The van der Waals surface area contributed by atoms with E-state index < -0.39 is 28.7 Å². The van der Waals surface area contributed by atoms with Crippen molar-refractivity contribution >= 4 is 11.7 Å². The Hall–Kier alpha value is -3.04. The first-order valence-electron chi connectivity index (χ1n) is 8.47. The molecule has 0 aliphatic heterocycles. The van der Waals surface area contributed by atoms with Crippen molar-refractivity contribution in [2.75, 3.05) is 0 Å². The molecule has 0 saturated carbocycles. The fourth-order valence-corrected chi connectivity index (χ4v) is 3.27. The predicted molar refractivity (Wildman–Crippen MR) is 90.8 cm³/mol. The number of carbonyl (C=O) groups excluding carboxylic acids is 1. The highest BCUT2D eigenvalue weighted by atomic mass is 19.4. The van der Waals surface area contributed by atoms with Crippen LogP contribution in [0.25, 0.3) is 0 Å². The summed E-state index contributed by atoms with van der Waals surface area (Å²) >= 11 is 0. The molecule has 0 saturated heterocycles. The van der Waals surface area contributed by atoms with Gasteiger partial charge in [-0.05, 0) is 39.2 Å². The van der Waals surface area contributed by atoms with Crippen LogP contribution in [-0.2, 0) is 23.8 Å². The first kappa shape index (κ1) is 19.7. The molecular formula is C18H16F3N3O4. The molecular weight excluding hydrogens is 379 g/mol. The van der Waals surface area contributed by atoms with Gasteiger partial charge in [0, 0.05) is 17.3 Å². The van der Waals surface area contributed by atoms with Gasteiger partial charge in [0.1, 0.15) is 11.6 Å². The third kappa shape index (κ3) is 3.80. The first-order chi connectivity index (χ1) is 13.1. The Morgan fingerprint density at radius 2 is 2.00 bits per heavy atom. The number of nitro groups is 1. The van der Waals surface area contributed by atoms with Crippen LogP contribution in [-0.4, -0.2) is 20.9 Å². The zero-order chi connectivity index (χ0) is 20.6. The number of aromatic nitrogens is 2. The van der Waals surface area contributed by atoms with Crippen LogP contribution in [0.15, 0.2) is 18.2 Å². The number of nitrogens with zero attached hydrogens (tertiary/aromatic N) is 3. The highest BCUT2D eigenvalue weighted by Gasteiger charge is 2.40. The molecule has 0 amide bonds. The Balaban J connectivity index is 1.86. The van der Waals surface area contributed by atoms with Crippen molar-refractivity contribution in [1.82, 2.24) is 9.97 Å². The van der Waals surface area contributed by atoms with E-state index in [-0.39, 0.29) is 53.3 Å². The van der Waals surface area contributed by atoms with Crippen LogP contribution in [0, 0.1) is 29.9 Å². The van der Waals surface area contributed by atoms with Gasteiger partial charge in [0.2, 0.25) is 0 Å². The summed E-state index contributed by atoms with van der Waals surface area (Å²) in [6.07, 6.45) is -4.39. The minimum absolute atomic E-state index is 0.0150. The van der Waals surface area contributed by atoms with Crippen molar-refractivity contribution < 1.29 is 27.6 Å². The molecule has 28 heavy (non-hydrogen) atoms. The lowest BCUT2D eigenvalue weighted by Crippen LogP contribution is -2.30. The number of nitro benzene ring substituents is 1.